The van der Waals surface area contributed by atoms with E-state index in [9.17, 15) is 4.79 Å². The van der Waals surface area contributed by atoms with Crippen LogP contribution in [-0.4, -0.2) is 29.3 Å². The van der Waals surface area contributed by atoms with E-state index in [2.05, 4.69) is 4.98 Å². The molecular formula is C10H15NO3S. The summed E-state index contributed by atoms with van der Waals surface area (Å²) in [5.41, 5.74) is 0.680. The van der Waals surface area contributed by atoms with E-state index in [0.717, 1.165) is 5.01 Å². The Bertz CT molecular complexity index is 335. The highest BCUT2D eigenvalue weighted by molar-refractivity contribution is 7.13. The van der Waals surface area contributed by atoms with E-state index >= 15 is 0 Å². The first kappa shape index (κ1) is 12.1. The van der Waals surface area contributed by atoms with E-state index in [1.54, 1.807) is 0 Å². The minimum atomic E-state index is -0.882. The molecule has 1 N–H and O–H groups in total. The monoisotopic (exact) mass is 229 g/mol. The molecule has 0 saturated carbocycles. The summed E-state index contributed by atoms with van der Waals surface area (Å²) in [6.07, 6.45) is 1.35. The average molecular weight is 229 g/mol. The van der Waals surface area contributed by atoms with Crippen LogP contribution < -0.4 is 0 Å². The molecule has 0 unspecified atom stereocenters. The van der Waals surface area contributed by atoms with Crippen molar-refractivity contribution < 1.29 is 14.6 Å². The lowest BCUT2D eigenvalue weighted by Gasteiger charge is -1.96. The van der Waals surface area contributed by atoms with Gasteiger partial charge in [0.25, 0.3) is 0 Å². The van der Waals surface area contributed by atoms with Gasteiger partial charge in [-0.3, -0.25) is 0 Å². The zero-order valence-corrected chi connectivity index (χ0v) is 9.76. The first-order valence-corrected chi connectivity index (χ1v) is 5.80. The molecule has 0 aliphatic rings. The van der Waals surface area contributed by atoms with Gasteiger partial charge in [-0.05, 0) is 13.3 Å². The van der Waals surface area contributed by atoms with Crippen LogP contribution in [-0.2, 0) is 17.6 Å². The largest absolute Gasteiger partial charge is 0.477 e. The fourth-order valence-corrected chi connectivity index (χ4v) is 2.19. The van der Waals surface area contributed by atoms with Crippen LogP contribution in [0, 0.1) is 0 Å². The van der Waals surface area contributed by atoms with Crippen LogP contribution in [0.1, 0.15) is 34.2 Å². The Hall–Kier alpha value is -0.940. The molecule has 0 aliphatic heterocycles. The maximum atomic E-state index is 10.9. The minimum absolute atomic E-state index is 0.365. The number of hydrogen-bond donors (Lipinski definition) is 1. The molecule has 0 aromatic carbocycles. The maximum absolute atomic E-state index is 10.9. The van der Waals surface area contributed by atoms with Crippen LogP contribution in [0.15, 0.2) is 0 Å². The summed E-state index contributed by atoms with van der Waals surface area (Å²) >= 11 is 1.25. The fraction of sp³-hybridized carbons (Fsp3) is 0.600. The molecule has 4 nitrogen and oxygen atoms in total. The molecule has 0 bridgehead atoms. The van der Waals surface area contributed by atoms with Crippen molar-refractivity contribution in [2.75, 3.05) is 13.2 Å². The van der Waals surface area contributed by atoms with Crippen molar-refractivity contribution in [3.63, 3.8) is 0 Å². The highest BCUT2D eigenvalue weighted by Crippen LogP contribution is 2.19. The smallest absolute Gasteiger partial charge is 0.347 e. The van der Waals surface area contributed by atoms with Gasteiger partial charge in [0.1, 0.15) is 4.88 Å². The van der Waals surface area contributed by atoms with E-state index < -0.39 is 5.97 Å². The second-order valence-electron chi connectivity index (χ2n) is 2.99. The topological polar surface area (TPSA) is 59.4 Å². The molecule has 0 aliphatic carbocycles. The predicted molar refractivity (Wildman–Crippen MR) is 58.6 cm³/mol. The zero-order valence-electron chi connectivity index (χ0n) is 8.95. The van der Waals surface area contributed by atoms with Gasteiger partial charge in [-0.25, -0.2) is 9.78 Å². The molecule has 84 valence electrons. The SMILES string of the molecule is CCOCCc1nc(CC)c(C(=O)O)s1. The molecule has 1 aromatic rings. The van der Waals surface area contributed by atoms with Crippen molar-refractivity contribution in [3.8, 4) is 0 Å². The van der Waals surface area contributed by atoms with Crippen LogP contribution in [0.2, 0.25) is 0 Å². The summed E-state index contributed by atoms with van der Waals surface area (Å²) in [6, 6.07) is 0. The molecular weight excluding hydrogens is 214 g/mol. The van der Waals surface area contributed by atoms with Gasteiger partial charge in [-0.15, -0.1) is 11.3 Å². The van der Waals surface area contributed by atoms with Crippen LogP contribution in [0.4, 0.5) is 0 Å². The molecule has 15 heavy (non-hydrogen) atoms. The summed E-state index contributed by atoms with van der Waals surface area (Å²) in [4.78, 5) is 15.5. The fourth-order valence-electron chi connectivity index (χ4n) is 1.22. The molecule has 0 saturated heterocycles. The van der Waals surface area contributed by atoms with Crippen molar-refractivity contribution in [2.45, 2.75) is 26.7 Å². The van der Waals surface area contributed by atoms with E-state index in [1.807, 2.05) is 13.8 Å². The Balaban J connectivity index is 2.70. The zero-order chi connectivity index (χ0) is 11.3. The normalized spacial score (nSPS) is 10.5. The van der Waals surface area contributed by atoms with Gasteiger partial charge in [0.05, 0.1) is 17.3 Å². The number of rotatable bonds is 6. The maximum Gasteiger partial charge on any atom is 0.347 e. The highest BCUT2D eigenvalue weighted by Gasteiger charge is 2.15. The summed E-state index contributed by atoms with van der Waals surface area (Å²) in [7, 11) is 0. The van der Waals surface area contributed by atoms with Crippen LogP contribution in [0.5, 0.6) is 0 Å². The quantitative estimate of drug-likeness (QED) is 0.758. The van der Waals surface area contributed by atoms with E-state index in [4.69, 9.17) is 9.84 Å². The Morgan fingerprint density at radius 2 is 2.27 bits per heavy atom. The molecule has 1 heterocycles. The number of ether oxygens (including phenoxy) is 1. The molecule has 0 spiro atoms. The van der Waals surface area contributed by atoms with Crippen LogP contribution in [0.3, 0.4) is 0 Å². The van der Waals surface area contributed by atoms with Gasteiger partial charge in [0.15, 0.2) is 0 Å². The van der Waals surface area contributed by atoms with E-state index in [-0.39, 0.29) is 0 Å². The molecule has 5 heteroatoms. The summed E-state index contributed by atoms with van der Waals surface area (Å²) < 4.78 is 5.20. The third-order valence-corrected chi connectivity index (χ3v) is 3.08. The molecule has 1 rings (SSSR count). The summed E-state index contributed by atoms with van der Waals surface area (Å²) in [5.74, 6) is -0.882. The predicted octanol–water partition coefficient (Wildman–Crippen LogP) is 1.98. The molecule has 0 amide bonds. The summed E-state index contributed by atoms with van der Waals surface area (Å²) in [5, 5.41) is 9.77. The number of aryl methyl sites for hydroxylation is 1. The van der Waals surface area contributed by atoms with Gasteiger partial charge < -0.3 is 9.84 Å². The van der Waals surface area contributed by atoms with Crippen molar-refractivity contribution >= 4 is 17.3 Å². The van der Waals surface area contributed by atoms with Gasteiger partial charge in [0, 0.05) is 13.0 Å². The summed E-state index contributed by atoms with van der Waals surface area (Å²) in [6.45, 7) is 5.12. The third kappa shape index (κ3) is 3.28. The highest BCUT2D eigenvalue weighted by atomic mass is 32.1. The number of aromatic nitrogens is 1. The molecule has 0 atom stereocenters. The minimum Gasteiger partial charge on any atom is -0.477 e. The van der Waals surface area contributed by atoms with E-state index in [1.165, 1.54) is 11.3 Å². The number of aromatic carboxylic acids is 1. The van der Waals surface area contributed by atoms with Crippen molar-refractivity contribution in [1.82, 2.24) is 4.98 Å². The third-order valence-electron chi connectivity index (χ3n) is 1.94. The lowest BCUT2D eigenvalue weighted by atomic mass is 10.3. The second-order valence-corrected chi connectivity index (χ2v) is 4.07. The number of nitrogens with zero attached hydrogens (tertiary/aromatic N) is 1. The number of carboxylic acid groups (broad SMARTS) is 1. The Kier molecular flexibility index (Phi) is 4.71. The molecule has 1 aromatic heterocycles. The van der Waals surface area contributed by atoms with Gasteiger partial charge in [0.2, 0.25) is 0 Å². The van der Waals surface area contributed by atoms with Crippen LogP contribution in [0.25, 0.3) is 0 Å². The average Bonchev–Trinajstić information content (AvgIpc) is 2.62. The number of thiazole rings is 1. The first-order chi connectivity index (χ1) is 7.19. The van der Waals surface area contributed by atoms with Gasteiger partial charge in [-0.1, -0.05) is 6.92 Å². The first-order valence-electron chi connectivity index (χ1n) is 4.98. The van der Waals surface area contributed by atoms with E-state index in [0.29, 0.717) is 36.6 Å². The number of carboxylic acids is 1. The lowest BCUT2D eigenvalue weighted by Crippen LogP contribution is -1.98. The molecule has 0 fully saturated rings. The Morgan fingerprint density at radius 3 is 2.73 bits per heavy atom. The van der Waals surface area contributed by atoms with Crippen LogP contribution >= 0.6 is 11.3 Å². The number of hydrogen-bond acceptors (Lipinski definition) is 4. The second kappa shape index (κ2) is 5.82. The van der Waals surface area contributed by atoms with Crippen molar-refractivity contribution in [2.24, 2.45) is 0 Å². The van der Waals surface area contributed by atoms with Crippen molar-refractivity contribution in [3.05, 3.63) is 15.6 Å². The molecule has 0 radical (unpaired) electrons. The Labute approximate surface area is 92.9 Å². The standard InChI is InChI=1S/C10H15NO3S/c1-3-7-9(10(12)13)15-8(11-7)5-6-14-4-2/h3-6H2,1-2H3,(H,12,13). The lowest BCUT2D eigenvalue weighted by molar-refractivity contribution is 0.0701. The number of carbonyl (C=O) groups is 1. The Morgan fingerprint density at radius 1 is 1.53 bits per heavy atom. The van der Waals surface area contributed by atoms with Gasteiger partial charge in [-0.2, -0.15) is 0 Å². The van der Waals surface area contributed by atoms with Crippen molar-refractivity contribution in [1.29, 1.82) is 0 Å². The van der Waals surface area contributed by atoms with Gasteiger partial charge >= 0.3 is 5.97 Å².